The highest BCUT2D eigenvalue weighted by Gasteiger charge is 2.01. The summed E-state index contributed by atoms with van der Waals surface area (Å²) in [6.07, 6.45) is -0.0521. The van der Waals surface area contributed by atoms with Gasteiger partial charge in [-0.15, -0.1) is 0 Å². The largest absolute Gasteiger partial charge is 0.324 e. The van der Waals surface area contributed by atoms with Crippen LogP contribution in [-0.2, 0) is 28.8 Å². The van der Waals surface area contributed by atoms with Gasteiger partial charge in [-0.3, -0.25) is 28.8 Å². The standard InChI is InChI=1S/3C5H9NO2.Al/c3*1-4(7)2-5(8)3-6;/h3*2-3,6H2,1H3;. The molecule has 0 aromatic rings. The molecule has 0 fully saturated rings. The Balaban J connectivity index is -0.000000130. The van der Waals surface area contributed by atoms with Crippen LogP contribution in [0.4, 0.5) is 0 Å². The Hall–Kier alpha value is -1.57. The van der Waals surface area contributed by atoms with Crippen molar-refractivity contribution in [1.29, 1.82) is 0 Å². The number of carbonyl (C=O) groups is 6. The van der Waals surface area contributed by atoms with Crippen LogP contribution in [0.2, 0.25) is 0 Å². The van der Waals surface area contributed by atoms with Crippen molar-refractivity contribution < 1.29 is 28.8 Å². The van der Waals surface area contributed by atoms with Crippen molar-refractivity contribution in [3.63, 3.8) is 0 Å². The summed E-state index contributed by atoms with van der Waals surface area (Å²) >= 11 is 0. The minimum atomic E-state index is -0.197. The van der Waals surface area contributed by atoms with Gasteiger partial charge in [0.25, 0.3) is 0 Å². The van der Waals surface area contributed by atoms with E-state index in [2.05, 4.69) is 0 Å². The van der Waals surface area contributed by atoms with Crippen molar-refractivity contribution in [2.24, 2.45) is 17.2 Å². The smallest absolute Gasteiger partial charge is 0.153 e. The minimum Gasteiger partial charge on any atom is -0.324 e. The predicted molar refractivity (Wildman–Crippen MR) is 93.8 cm³/mol. The molecular formula is C15H27AlN3O6. The van der Waals surface area contributed by atoms with Crippen LogP contribution in [0.3, 0.4) is 0 Å². The second kappa shape index (κ2) is 20.5. The van der Waals surface area contributed by atoms with Gasteiger partial charge < -0.3 is 17.2 Å². The molecule has 0 aromatic carbocycles. The van der Waals surface area contributed by atoms with Crippen molar-refractivity contribution in [1.82, 2.24) is 0 Å². The van der Waals surface area contributed by atoms with Gasteiger partial charge in [-0.2, -0.15) is 0 Å². The zero-order valence-corrected chi connectivity index (χ0v) is 16.2. The Kier molecular flexibility index (Phi) is 25.6. The zero-order valence-electron chi connectivity index (χ0n) is 15.0. The molecule has 0 bridgehead atoms. The molecule has 25 heavy (non-hydrogen) atoms. The summed E-state index contributed by atoms with van der Waals surface area (Å²) in [5, 5.41) is 0. The van der Waals surface area contributed by atoms with E-state index in [-0.39, 0.29) is 91.0 Å². The first-order chi connectivity index (χ1) is 11.0. The van der Waals surface area contributed by atoms with Crippen LogP contribution in [0.5, 0.6) is 0 Å². The molecule has 0 aliphatic rings. The number of carbonyl (C=O) groups excluding carboxylic acids is 6. The van der Waals surface area contributed by atoms with Gasteiger partial charge in [0.2, 0.25) is 0 Å². The minimum absolute atomic E-state index is 0. The molecule has 9 nitrogen and oxygen atoms in total. The van der Waals surface area contributed by atoms with Crippen molar-refractivity contribution in [2.45, 2.75) is 40.0 Å². The van der Waals surface area contributed by atoms with Gasteiger partial charge >= 0.3 is 0 Å². The van der Waals surface area contributed by atoms with E-state index >= 15 is 0 Å². The van der Waals surface area contributed by atoms with Gasteiger partial charge in [-0.25, -0.2) is 0 Å². The lowest BCUT2D eigenvalue weighted by atomic mass is 10.2. The number of rotatable bonds is 9. The molecule has 6 N–H and O–H groups in total. The topological polar surface area (TPSA) is 180 Å². The first kappa shape index (κ1) is 31.2. The van der Waals surface area contributed by atoms with Gasteiger partial charge in [0, 0.05) is 17.4 Å². The van der Waals surface area contributed by atoms with E-state index in [0.717, 1.165) is 0 Å². The van der Waals surface area contributed by atoms with Crippen LogP contribution in [0.1, 0.15) is 40.0 Å². The monoisotopic (exact) mass is 372 g/mol. The predicted octanol–water partition coefficient (Wildman–Crippen LogP) is -1.90. The number of hydrogen-bond donors (Lipinski definition) is 3. The number of ketones is 6. The van der Waals surface area contributed by atoms with E-state index in [1.807, 2.05) is 0 Å². The summed E-state index contributed by atoms with van der Waals surface area (Å²) in [7, 11) is 0. The Morgan fingerprint density at radius 3 is 0.720 bits per heavy atom. The lowest BCUT2D eigenvalue weighted by Gasteiger charge is -1.87. The summed E-state index contributed by atoms with van der Waals surface area (Å²) < 4.78 is 0. The molecule has 0 aliphatic carbocycles. The third kappa shape index (κ3) is 34.7. The van der Waals surface area contributed by atoms with Gasteiger partial charge in [-0.05, 0) is 20.8 Å². The normalized spacial score (nSPS) is 8.40. The molecule has 0 unspecified atom stereocenters. The van der Waals surface area contributed by atoms with E-state index in [0.29, 0.717) is 0 Å². The summed E-state index contributed by atoms with van der Waals surface area (Å²) in [4.78, 5) is 61.2. The summed E-state index contributed by atoms with van der Waals surface area (Å²) in [5.74, 6) is -0.964. The first-order valence-corrected chi connectivity index (χ1v) is 7.13. The molecule has 0 amide bonds. The number of hydrogen-bond acceptors (Lipinski definition) is 9. The summed E-state index contributed by atoms with van der Waals surface area (Å²) in [5.41, 5.74) is 14.8. The van der Waals surface area contributed by atoms with E-state index in [1.54, 1.807) is 0 Å². The molecule has 0 saturated carbocycles. The fourth-order valence-corrected chi connectivity index (χ4v) is 1.05. The first-order valence-electron chi connectivity index (χ1n) is 7.13. The number of Topliss-reactive ketones (excluding diaryl/α,β-unsaturated/α-hetero) is 6. The molecule has 0 heterocycles. The molecule has 10 heteroatoms. The van der Waals surface area contributed by atoms with Gasteiger partial charge in [-0.1, -0.05) is 0 Å². The van der Waals surface area contributed by atoms with Crippen molar-refractivity contribution in [2.75, 3.05) is 19.6 Å². The molecule has 0 aliphatic heterocycles. The van der Waals surface area contributed by atoms with Crippen molar-refractivity contribution in [3.8, 4) is 0 Å². The lowest BCUT2D eigenvalue weighted by molar-refractivity contribution is -0.126. The molecule has 141 valence electrons. The fourth-order valence-electron chi connectivity index (χ4n) is 1.05. The van der Waals surface area contributed by atoms with Gasteiger partial charge in [0.1, 0.15) is 17.3 Å². The Morgan fingerprint density at radius 1 is 0.520 bits per heavy atom. The van der Waals surface area contributed by atoms with E-state index < -0.39 is 0 Å². The quantitative estimate of drug-likeness (QED) is 0.307. The van der Waals surface area contributed by atoms with Crippen molar-refractivity contribution in [3.05, 3.63) is 0 Å². The van der Waals surface area contributed by atoms with E-state index in [9.17, 15) is 28.8 Å². The average molecular weight is 372 g/mol. The SMILES string of the molecule is CC(=O)CC(=O)CN.CC(=O)CC(=O)CN.CC(=O)CC(=O)CN.[Al]. The molecule has 3 radical (unpaired) electrons. The second-order valence-corrected chi connectivity index (χ2v) is 4.86. The maximum atomic E-state index is 10.3. The summed E-state index contributed by atoms with van der Waals surface area (Å²) in [6, 6.07) is 0. The van der Waals surface area contributed by atoms with Gasteiger partial charge in [0.15, 0.2) is 17.3 Å². The maximum Gasteiger partial charge on any atom is 0.153 e. The molecular weight excluding hydrogens is 345 g/mol. The fraction of sp³-hybridized carbons (Fsp3) is 0.600. The zero-order chi connectivity index (χ0) is 19.7. The average Bonchev–Trinajstić information content (AvgIpc) is 2.46. The lowest BCUT2D eigenvalue weighted by Crippen LogP contribution is -2.15. The molecule has 0 aromatic heterocycles. The van der Waals surface area contributed by atoms with Crippen molar-refractivity contribution >= 4 is 52.1 Å². The molecule has 0 saturated heterocycles. The summed E-state index contributed by atoms with van der Waals surface area (Å²) in [6.45, 7) is 4.02. The third-order valence-electron chi connectivity index (χ3n) is 2.02. The van der Waals surface area contributed by atoms with Crippen LogP contribution in [0.15, 0.2) is 0 Å². The van der Waals surface area contributed by atoms with E-state index in [4.69, 9.17) is 17.2 Å². The molecule has 0 atom stereocenters. The van der Waals surface area contributed by atoms with Crippen LogP contribution in [-0.4, -0.2) is 71.7 Å². The highest BCUT2D eigenvalue weighted by molar-refractivity contribution is 5.99. The highest BCUT2D eigenvalue weighted by Crippen LogP contribution is 1.81. The third-order valence-corrected chi connectivity index (χ3v) is 2.02. The molecule has 0 rings (SSSR count). The molecule has 0 spiro atoms. The van der Waals surface area contributed by atoms with Crippen LogP contribution in [0, 0.1) is 0 Å². The van der Waals surface area contributed by atoms with Crippen LogP contribution >= 0.6 is 0 Å². The van der Waals surface area contributed by atoms with Crippen LogP contribution in [0.25, 0.3) is 0 Å². The Bertz CT molecular complexity index is 400. The Morgan fingerprint density at radius 2 is 0.680 bits per heavy atom. The number of nitrogens with two attached hydrogens (primary N) is 3. The van der Waals surface area contributed by atoms with Gasteiger partial charge in [0.05, 0.1) is 38.9 Å². The second-order valence-electron chi connectivity index (χ2n) is 4.86. The highest BCUT2D eigenvalue weighted by atomic mass is 27.0. The van der Waals surface area contributed by atoms with Crippen LogP contribution < -0.4 is 17.2 Å². The van der Waals surface area contributed by atoms with E-state index in [1.165, 1.54) is 20.8 Å². The maximum absolute atomic E-state index is 10.3. The Labute approximate surface area is 158 Å².